The Bertz CT molecular complexity index is 554. The Morgan fingerprint density at radius 3 is 2.39 bits per heavy atom. The molecule has 0 aliphatic heterocycles. The molecule has 1 heterocycles. The molecule has 0 spiro atoms. The Kier molecular flexibility index (Phi) is 4.98. The maximum absolute atomic E-state index is 11.9. The first-order valence-electron chi connectivity index (χ1n) is 4.53. The van der Waals surface area contributed by atoms with Gasteiger partial charge in [0.2, 0.25) is 10.0 Å². The molecule has 1 aromatic heterocycles. The number of hydrogen-bond acceptors (Lipinski definition) is 5. The number of hydrogen-bond donors (Lipinski definition) is 3. The maximum atomic E-state index is 11.9. The van der Waals surface area contributed by atoms with Crippen LogP contribution in [0.25, 0.3) is 0 Å². The van der Waals surface area contributed by atoms with E-state index >= 15 is 0 Å². The van der Waals surface area contributed by atoms with Gasteiger partial charge in [-0.3, -0.25) is 4.79 Å². The SMILES string of the molecule is CC(O)C(NS(=O)(=O)c1cc(Cl)sc1Cl)C(=O)O. The molecule has 0 amide bonds. The molecule has 3 N–H and O–H groups in total. The highest BCUT2D eigenvalue weighted by Crippen LogP contribution is 2.34. The molecule has 102 valence electrons. The molecule has 2 atom stereocenters. The monoisotopic (exact) mass is 333 g/mol. The van der Waals surface area contributed by atoms with E-state index in [2.05, 4.69) is 0 Å². The van der Waals surface area contributed by atoms with Crippen LogP contribution in [0.1, 0.15) is 6.92 Å². The Morgan fingerprint density at radius 1 is 1.50 bits per heavy atom. The molecule has 0 radical (unpaired) electrons. The van der Waals surface area contributed by atoms with Crippen molar-refractivity contribution >= 4 is 50.5 Å². The zero-order valence-electron chi connectivity index (χ0n) is 8.92. The molecule has 0 aromatic carbocycles. The summed E-state index contributed by atoms with van der Waals surface area (Å²) in [5.74, 6) is -1.49. The summed E-state index contributed by atoms with van der Waals surface area (Å²) in [4.78, 5) is 10.5. The molecule has 0 aliphatic rings. The molecular formula is C8H9Cl2NO5S2. The zero-order chi connectivity index (χ0) is 14.1. The number of halogens is 2. The minimum Gasteiger partial charge on any atom is -0.480 e. The fourth-order valence-electron chi connectivity index (χ4n) is 1.09. The van der Waals surface area contributed by atoms with E-state index in [1.54, 1.807) is 0 Å². The first kappa shape index (κ1) is 15.7. The Hall–Kier alpha value is -0.380. The molecule has 0 bridgehead atoms. The lowest BCUT2D eigenvalue weighted by Crippen LogP contribution is -2.47. The molecule has 2 unspecified atom stereocenters. The fourth-order valence-corrected chi connectivity index (χ4v) is 4.51. The van der Waals surface area contributed by atoms with Gasteiger partial charge in [0.05, 0.1) is 10.4 Å². The van der Waals surface area contributed by atoms with Gasteiger partial charge in [-0.05, 0) is 13.0 Å². The van der Waals surface area contributed by atoms with Crippen molar-refractivity contribution in [2.75, 3.05) is 0 Å². The number of aliphatic hydroxyl groups excluding tert-OH is 1. The summed E-state index contributed by atoms with van der Waals surface area (Å²) in [6.45, 7) is 1.16. The topological polar surface area (TPSA) is 104 Å². The molecule has 0 fully saturated rings. The van der Waals surface area contributed by atoms with Gasteiger partial charge in [0.15, 0.2) is 0 Å². The van der Waals surface area contributed by atoms with Crippen LogP contribution in [0.15, 0.2) is 11.0 Å². The van der Waals surface area contributed by atoms with E-state index in [1.165, 1.54) is 0 Å². The van der Waals surface area contributed by atoms with Gasteiger partial charge >= 0.3 is 5.97 Å². The number of aliphatic carboxylic acids is 1. The quantitative estimate of drug-likeness (QED) is 0.750. The summed E-state index contributed by atoms with van der Waals surface area (Å²) < 4.78 is 25.7. The second kappa shape index (κ2) is 5.72. The van der Waals surface area contributed by atoms with Crippen molar-refractivity contribution in [2.45, 2.75) is 24.0 Å². The number of nitrogens with one attached hydrogen (secondary N) is 1. The minimum absolute atomic E-state index is 0.0813. The first-order chi connectivity index (χ1) is 8.15. The molecule has 10 heteroatoms. The van der Waals surface area contributed by atoms with Crippen molar-refractivity contribution in [3.8, 4) is 0 Å². The van der Waals surface area contributed by atoms with E-state index in [0.717, 1.165) is 24.3 Å². The van der Waals surface area contributed by atoms with Crippen LogP contribution < -0.4 is 4.72 Å². The van der Waals surface area contributed by atoms with Crippen molar-refractivity contribution in [3.63, 3.8) is 0 Å². The lowest BCUT2D eigenvalue weighted by atomic mass is 10.2. The van der Waals surface area contributed by atoms with E-state index < -0.39 is 28.1 Å². The van der Waals surface area contributed by atoms with Gasteiger partial charge in [0, 0.05) is 0 Å². The van der Waals surface area contributed by atoms with Crippen LogP contribution >= 0.6 is 34.5 Å². The molecule has 0 aliphatic carbocycles. The van der Waals surface area contributed by atoms with Crippen LogP contribution in [0, 0.1) is 0 Å². The van der Waals surface area contributed by atoms with E-state index in [4.69, 9.17) is 28.3 Å². The van der Waals surface area contributed by atoms with Gasteiger partial charge in [-0.25, -0.2) is 8.42 Å². The predicted octanol–water partition coefficient (Wildman–Crippen LogP) is 1.17. The largest absolute Gasteiger partial charge is 0.480 e. The first-order valence-corrected chi connectivity index (χ1v) is 7.58. The lowest BCUT2D eigenvalue weighted by molar-refractivity contribution is -0.141. The van der Waals surface area contributed by atoms with Crippen molar-refractivity contribution < 1.29 is 23.4 Å². The molecule has 6 nitrogen and oxygen atoms in total. The number of sulfonamides is 1. The molecular weight excluding hydrogens is 325 g/mol. The lowest BCUT2D eigenvalue weighted by Gasteiger charge is -2.16. The van der Waals surface area contributed by atoms with Crippen molar-refractivity contribution in [1.29, 1.82) is 0 Å². The normalized spacial score (nSPS) is 15.3. The highest BCUT2D eigenvalue weighted by Gasteiger charge is 2.31. The Morgan fingerprint density at radius 2 is 2.06 bits per heavy atom. The van der Waals surface area contributed by atoms with Gasteiger partial charge in [-0.1, -0.05) is 23.2 Å². The van der Waals surface area contributed by atoms with Crippen LogP contribution in [-0.2, 0) is 14.8 Å². The van der Waals surface area contributed by atoms with Gasteiger partial charge in [0.1, 0.15) is 15.3 Å². The third-order valence-corrected chi connectivity index (χ3v) is 5.14. The van der Waals surface area contributed by atoms with Crippen LogP contribution in [0.2, 0.25) is 8.67 Å². The fraction of sp³-hybridized carbons (Fsp3) is 0.375. The molecule has 0 saturated heterocycles. The van der Waals surface area contributed by atoms with Gasteiger partial charge in [0.25, 0.3) is 0 Å². The van der Waals surface area contributed by atoms with E-state index in [1.807, 2.05) is 4.72 Å². The van der Waals surface area contributed by atoms with Crippen LogP contribution in [0.3, 0.4) is 0 Å². The third kappa shape index (κ3) is 3.56. The van der Waals surface area contributed by atoms with Crippen molar-refractivity contribution in [1.82, 2.24) is 4.72 Å². The summed E-state index contributed by atoms with van der Waals surface area (Å²) in [7, 11) is -4.16. The summed E-state index contributed by atoms with van der Waals surface area (Å²) in [6, 6.07) is -0.553. The summed E-state index contributed by atoms with van der Waals surface area (Å²) >= 11 is 12.1. The van der Waals surface area contributed by atoms with Gasteiger partial charge in [-0.2, -0.15) is 4.72 Å². The number of carbonyl (C=O) groups is 1. The average molecular weight is 334 g/mol. The number of rotatable bonds is 5. The zero-order valence-corrected chi connectivity index (χ0v) is 12.1. The number of carboxylic acids is 1. The smallest absolute Gasteiger partial charge is 0.324 e. The van der Waals surface area contributed by atoms with Crippen LogP contribution in [0.5, 0.6) is 0 Å². The summed E-state index contributed by atoms with van der Waals surface area (Å²) in [5, 5.41) is 18.0. The Labute approximate surface area is 117 Å². The van der Waals surface area contributed by atoms with Crippen LogP contribution in [-0.4, -0.2) is 36.7 Å². The van der Waals surface area contributed by atoms with Crippen molar-refractivity contribution in [2.24, 2.45) is 0 Å². The molecule has 18 heavy (non-hydrogen) atoms. The average Bonchev–Trinajstić information content (AvgIpc) is 2.54. The maximum Gasteiger partial charge on any atom is 0.324 e. The minimum atomic E-state index is -4.16. The molecule has 1 aromatic rings. The standard InChI is InChI=1S/C8H9Cl2NO5S2/c1-3(12)6(8(13)14)11-18(15,16)4-2-5(9)17-7(4)10/h2-3,6,11-12H,1H3,(H,13,14). The van der Waals surface area contributed by atoms with Crippen LogP contribution in [0.4, 0.5) is 0 Å². The number of thiophene rings is 1. The summed E-state index contributed by atoms with van der Waals surface area (Å²) in [5.41, 5.74) is 0. The predicted molar refractivity (Wildman–Crippen MR) is 67.8 cm³/mol. The molecule has 1 rings (SSSR count). The summed E-state index contributed by atoms with van der Waals surface area (Å²) in [6.07, 6.45) is -1.40. The van der Waals surface area contributed by atoms with E-state index in [-0.39, 0.29) is 13.6 Å². The second-order valence-electron chi connectivity index (χ2n) is 3.37. The molecule has 0 saturated carbocycles. The highest BCUT2D eigenvalue weighted by molar-refractivity contribution is 7.89. The Balaban J connectivity index is 3.08. The van der Waals surface area contributed by atoms with Crippen molar-refractivity contribution in [3.05, 3.63) is 14.7 Å². The number of carboxylic acid groups (broad SMARTS) is 1. The van der Waals surface area contributed by atoms with E-state index in [9.17, 15) is 18.3 Å². The second-order valence-corrected chi connectivity index (χ2v) is 7.33. The third-order valence-electron chi connectivity index (χ3n) is 1.95. The number of aliphatic hydroxyl groups is 1. The van der Waals surface area contributed by atoms with Gasteiger partial charge < -0.3 is 10.2 Å². The van der Waals surface area contributed by atoms with Gasteiger partial charge in [-0.15, -0.1) is 11.3 Å². The highest BCUT2D eigenvalue weighted by atomic mass is 35.5. The van der Waals surface area contributed by atoms with E-state index in [0.29, 0.717) is 0 Å².